The van der Waals surface area contributed by atoms with Gasteiger partial charge in [-0.1, -0.05) is 0 Å². The highest BCUT2D eigenvalue weighted by atomic mass is 35.5. The van der Waals surface area contributed by atoms with Crippen LogP contribution in [0.5, 0.6) is 0 Å². The first-order valence-corrected chi connectivity index (χ1v) is 13.2. The fourth-order valence-corrected chi connectivity index (χ4v) is 7.41. The molecule has 0 amide bonds. The van der Waals surface area contributed by atoms with Crippen LogP contribution >= 0.6 is 11.6 Å². The average molecular weight is 471 g/mol. The summed E-state index contributed by atoms with van der Waals surface area (Å²) in [7, 11) is -3.22. The van der Waals surface area contributed by atoms with Crippen molar-refractivity contribution in [2.45, 2.75) is 61.7 Å². The Morgan fingerprint density at radius 1 is 1.07 bits per heavy atom. The van der Waals surface area contributed by atoms with E-state index in [0.29, 0.717) is 58.5 Å². The van der Waals surface area contributed by atoms with Gasteiger partial charge in [0.05, 0.1) is 18.5 Å². The van der Waals surface area contributed by atoms with Gasteiger partial charge >= 0.3 is 0 Å². The molecule has 2 heterocycles. The monoisotopic (exact) mass is 470 g/mol. The second-order valence-electron chi connectivity index (χ2n) is 9.28. The largest absolute Gasteiger partial charge is 0.393 e. The first-order chi connectivity index (χ1) is 14.2. The van der Waals surface area contributed by atoms with Crippen molar-refractivity contribution in [3.63, 3.8) is 0 Å². The lowest BCUT2D eigenvalue weighted by Crippen LogP contribution is -2.71. The Balaban J connectivity index is 1.47. The number of piperazine rings is 1. The van der Waals surface area contributed by atoms with Crippen LogP contribution in [0.15, 0.2) is 0 Å². The van der Waals surface area contributed by atoms with E-state index in [1.54, 1.807) is 0 Å². The molecule has 9 unspecified atom stereocenters. The van der Waals surface area contributed by atoms with Gasteiger partial charge in [-0.2, -0.15) is 4.31 Å². The van der Waals surface area contributed by atoms with Gasteiger partial charge in [0.25, 0.3) is 0 Å². The SMILES string of the molecule is CS(=O)(=O)N1CCN(C2NCNC3C(F)C(C4C(O)CCCC4F)C(Cl)CC32)CC1. The predicted octanol–water partition coefficient (Wildman–Crippen LogP) is 0.489. The van der Waals surface area contributed by atoms with Gasteiger partial charge in [-0.3, -0.25) is 15.5 Å². The Labute approximate surface area is 182 Å². The molecule has 0 aromatic heterocycles. The van der Waals surface area contributed by atoms with Gasteiger partial charge in [-0.25, -0.2) is 17.2 Å². The molecule has 174 valence electrons. The molecular weight excluding hydrogens is 438 g/mol. The summed E-state index contributed by atoms with van der Waals surface area (Å²) in [6, 6.07) is -0.467. The zero-order valence-corrected chi connectivity index (χ0v) is 18.8. The number of aliphatic hydroxyl groups excluding tert-OH is 1. The highest BCUT2D eigenvalue weighted by Crippen LogP contribution is 2.46. The van der Waals surface area contributed by atoms with E-state index in [1.807, 2.05) is 0 Å². The standard InChI is InChI=1S/C19H33ClF2N4O3S/c1-30(28,29)26-7-5-25(6-8-26)19-11-9-12(20)15(17(22)18(11)23-10-24-19)16-13(21)3-2-4-14(16)27/h11-19,23-24,27H,2-10H2,1H3. The summed E-state index contributed by atoms with van der Waals surface area (Å²) in [5.74, 6) is -1.59. The topological polar surface area (TPSA) is 84.9 Å². The normalized spacial score (nSPS) is 47.0. The second kappa shape index (κ2) is 9.03. The van der Waals surface area contributed by atoms with Gasteiger partial charge in [0.1, 0.15) is 12.3 Å². The molecule has 2 aliphatic carbocycles. The summed E-state index contributed by atoms with van der Waals surface area (Å²) in [6.45, 7) is 2.37. The third-order valence-electron chi connectivity index (χ3n) is 7.56. The summed E-state index contributed by atoms with van der Waals surface area (Å²) in [5.41, 5.74) is 0. The molecule has 11 heteroatoms. The van der Waals surface area contributed by atoms with Gasteiger partial charge in [0.15, 0.2) is 0 Å². The van der Waals surface area contributed by atoms with Gasteiger partial charge < -0.3 is 5.11 Å². The van der Waals surface area contributed by atoms with Gasteiger partial charge in [0.2, 0.25) is 10.0 Å². The number of nitrogens with one attached hydrogen (secondary N) is 2. The average Bonchev–Trinajstić information content (AvgIpc) is 2.69. The van der Waals surface area contributed by atoms with Crippen molar-refractivity contribution in [3.05, 3.63) is 0 Å². The van der Waals surface area contributed by atoms with Crippen LogP contribution in [-0.2, 0) is 10.0 Å². The van der Waals surface area contributed by atoms with Crippen molar-refractivity contribution in [1.29, 1.82) is 0 Å². The Bertz CT molecular complexity index is 702. The first-order valence-electron chi connectivity index (χ1n) is 10.9. The molecule has 4 aliphatic rings. The number of hydrogen-bond acceptors (Lipinski definition) is 6. The Kier molecular flexibility index (Phi) is 6.95. The maximum atomic E-state index is 15.8. The number of hydrogen-bond donors (Lipinski definition) is 3. The third-order valence-corrected chi connectivity index (χ3v) is 9.34. The summed E-state index contributed by atoms with van der Waals surface area (Å²) in [5, 5.41) is 16.5. The fourth-order valence-electron chi connectivity index (χ4n) is 6.07. The molecule has 0 aromatic carbocycles. The molecule has 9 atom stereocenters. The Hall–Kier alpha value is -0.100. The number of rotatable bonds is 3. The summed E-state index contributed by atoms with van der Waals surface area (Å²) in [4.78, 5) is 2.17. The van der Waals surface area contributed by atoms with Crippen LogP contribution in [0.25, 0.3) is 0 Å². The van der Waals surface area contributed by atoms with E-state index in [2.05, 4.69) is 15.5 Å². The maximum Gasteiger partial charge on any atom is 0.211 e. The van der Waals surface area contributed by atoms with Crippen LogP contribution in [0.1, 0.15) is 25.7 Å². The van der Waals surface area contributed by atoms with E-state index in [0.717, 1.165) is 0 Å². The van der Waals surface area contributed by atoms with Crippen molar-refractivity contribution < 1.29 is 22.3 Å². The molecule has 2 saturated heterocycles. The lowest BCUT2D eigenvalue weighted by molar-refractivity contribution is -0.0812. The number of halogens is 3. The first kappa shape index (κ1) is 23.1. The zero-order chi connectivity index (χ0) is 21.6. The van der Waals surface area contributed by atoms with Crippen LogP contribution in [-0.4, -0.2) is 97.9 Å². The van der Waals surface area contributed by atoms with E-state index >= 15 is 4.39 Å². The number of sulfonamides is 1. The number of aliphatic hydroxyl groups is 1. The van der Waals surface area contributed by atoms with Crippen LogP contribution in [0.4, 0.5) is 8.78 Å². The molecule has 2 aliphatic heterocycles. The number of fused-ring (bicyclic) bond motifs is 1. The molecule has 0 aromatic rings. The second-order valence-corrected chi connectivity index (χ2v) is 11.8. The maximum absolute atomic E-state index is 15.8. The van der Waals surface area contributed by atoms with Crippen molar-refractivity contribution in [3.8, 4) is 0 Å². The van der Waals surface area contributed by atoms with Crippen molar-refractivity contribution in [2.24, 2.45) is 17.8 Å². The minimum absolute atomic E-state index is 0.115. The summed E-state index contributed by atoms with van der Waals surface area (Å²) in [6.07, 6.45) is -0.339. The molecule has 30 heavy (non-hydrogen) atoms. The van der Waals surface area contributed by atoms with E-state index in [9.17, 15) is 17.9 Å². The minimum Gasteiger partial charge on any atom is -0.393 e. The van der Waals surface area contributed by atoms with Crippen molar-refractivity contribution in [1.82, 2.24) is 19.8 Å². The highest BCUT2D eigenvalue weighted by Gasteiger charge is 2.55. The Morgan fingerprint density at radius 2 is 1.77 bits per heavy atom. The van der Waals surface area contributed by atoms with Gasteiger partial charge in [0, 0.05) is 62.0 Å². The van der Waals surface area contributed by atoms with Crippen LogP contribution < -0.4 is 10.6 Å². The summed E-state index contributed by atoms with van der Waals surface area (Å²) >= 11 is 6.67. The molecule has 2 saturated carbocycles. The molecular formula is C19H33ClF2N4O3S. The molecule has 4 rings (SSSR count). The quantitative estimate of drug-likeness (QED) is 0.521. The number of alkyl halides is 3. The highest BCUT2D eigenvalue weighted by molar-refractivity contribution is 7.88. The van der Waals surface area contributed by atoms with Crippen LogP contribution in [0.3, 0.4) is 0 Å². The molecule has 0 radical (unpaired) electrons. The van der Waals surface area contributed by atoms with E-state index < -0.39 is 51.7 Å². The van der Waals surface area contributed by atoms with Crippen molar-refractivity contribution >= 4 is 21.6 Å². The molecule has 0 spiro atoms. The lowest BCUT2D eigenvalue weighted by Gasteiger charge is -2.54. The molecule has 7 nitrogen and oxygen atoms in total. The third kappa shape index (κ3) is 4.38. The fraction of sp³-hybridized carbons (Fsp3) is 1.00. The zero-order valence-electron chi connectivity index (χ0n) is 17.3. The van der Waals surface area contributed by atoms with Gasteiger partial charge in [-0.05, 0) is 25.7 Å². The minimum atomic E-state index is -3.22. The van der Waals surface area contributed by atoms with E-state index in [1.165, 1.54) is 10.6 Å². The molecule has 4 fully saturated rings. The molecule has 0 bridgehead atoms. The lowest BCUT2D eigenvalue weighted by atomic mass is 9.65. The van der Waals surface area contributed by atoms with Crippen LogP contribution in [0, 0.1) is 17.8 Å². The smallest absolute Gasteiger partial charge is 0.211 e. The van der Waals surface area contributed by atoms with E-state index in [4.69, 9.17) is 11.6 Å². The number of nitrogens with zero attached hydrogens (tertiary/aromatic N) is 2. The van der Waals surface area contributed by atoms with Gasteiger partial charge in [-0.15, -0.1) is 11.6 Å². The van der Waals surface area contributed by atoms with Crippen molar-refractivity contribution in [2.75, 3.05) is 39.1 Å². The van der Waals surface area contributed by atoms with E-state index in [-0.39, 0.29) is 12.1 Å². The predicted molar refractivity (Wildman–Crippen MR) is 111 cm³/mol. The van der Waals surface area contributed by atoms with Crippen LogP contribution in [0.2, 0.25) is 0 Å². The molecule has 3 N–H and O–H groups in total. The summed E-state index contributed by atoms with van der Waals surface area (Å²) < 4.78 is 55.5. The Morgan fingerprint density at radius 3 is 2.40 bits per heavy atom.